The molecular weight excluding hydrogens is 334 g/mol. The highest BCUT2D eigenvalue weighted by Crippen LogP contribution is 2.61. The highest BCUT2D eigenvalue weighted by Gasteiger charge is 2.53. The summed E-state index contributed by atoms with van der Waals surface area (Å²) in [4.78, 5) is 12.5. The normalized spacial score (nSPS) is 32.4. The molecule has 4 aliphatic rings. The summed E-state index contributed by atoms with van der Waals surface area (Å²) >= 11 is 0. The number of carbonyl (C=O) groups excluding carboxylic acids is 1. The van der Waals surface area contributed by atoms with Gasteiger partial charge in [-0.25, -0.2) is 0 Å². The van der Waals surface area contributed by atoms with E-state index >= 15 is 0 Å². The molecule has 0 heterocycles. The van der Waals surface area contributed by atoms with Gasteiger partial charge in [0.1, 0.15) is 5.75 Å². The van der Waals surface area contributed by atoms with Crippen molar-refractivity contribution >= 4 is 16.7 Å². The molecule has 0 saturated heterocycles. The van der Waals surface area contributed by atoms with E-state index in [0.717, 1.165) is 28.9 Å². The van der Waals surface area contributed by atoms with E-state index in [9.17, 15) is 4.79 Å². The molecule has 0 spiro atoms. The van der Waals surface area contributed by atoms with Crippen molar-refractivity contribution in [3.05, 3.63) is 42.5 Å². The maximum atomic E-state index is 12.5. The lowest BCUT2D eigenvalue weighted by molar-refractivity contribution is -0.127. The fourth-order valence-corrected chi connectivity index (χ4v) is 6.55. The molecule has 2 aromatic carbocycles. The van der Waals surface area contributed by atoms with E-state index < -0.39 is 0 Å². The van der Waals surface area contributed by atoms with E-state index in [1.165, 1.54) is 43.9 Å². The van der Waals surface area contributed by atoms with Crippen molar-refractivity contribution < 1.29 is 9.53 Å². The molecule has 1 atom stereocenters. The number of ether oxygens (including phenoxy) is 1. The van der Waals surface area contributed by atoms with Gasteiger partial charge in [0.15, 0.2) is 6.61 Å². The van der Waals surface area contributed by atoms with E-state index in [2.05, 4.69) is 24.4 Å². The molecule has 1 unspecified atom stereocenters. The zero-order valence-electron chi connectivity index (χ0n) is 16.1. The maximum absolute atomic E-state index is 12.5. The summed E-state index contributed by atoms with van der Waals surface area (Å²) in [6.07, 6.45) is 8.24. The first-order valence-electron chi connectivity index (χ1n) is 10.5. The van der Waals surface area contributed by atoms with Crippen LogP contribution in [-0.2, 0) is 4.79 Å². The molecule has 2 aromatic rings. The van der Waals surface area contributed by atoms with Crippen LogP contribution in [-0.4, -0.2) is 18.6 Å². The Hall–Kier alpha value is -2.03. The van der Waals surface area contributed by atoms with Gasteiger partial charge in [0.05, 0.1) is 0 Å². The van der Waals surface area contributed by atoms with Gasteiger partial charge in [-0.3, -0.25) is 4.79 Å². The summed E-state index contributed by atoms with van der Waals surface area (Å²) < 4.78 is 5.78. The number of benzene rings is 2. The standard InChI is InChI=1S/C24H29NO2/c1-16(24-12-17-8-18(13-24)10-19(9-17)14-24)25-23(26)15-27-22-7-6-20-4-2-3-5-21(20)11-22/h2-7,11,16-19H,8-10,12-15H2,1H3,(H,25,26). The Labute approximate surface area is 161 Å². The lowest BCUT2D eigenvalue weighted by atomic mass is 9.48. The molecule has 4 bridgehead atoms. The van der Waals surface area contributed by atoms with Crippen LogP contribution in [0.15, 0.2) is 42.5 Å². The van der Waals surface area contributed by atoms with Crippen LogP contribution in [0.5, 0.6) is 5.75 Å². The molecular formula is C24H29NO2. The van der Waals surface area contributed by atoms with Crippen LogP contribution in [0.4, 0.5) is 0 Å². The van der Waals surface area contributed by atoms with Crippen LogP contribution in [0.1, 0.15) is 45.4 Å². The second-order valence-electron chi connectivity index (χ2n) is 9.37. The number of carbonyl (C=O) groups is 1. The van der Waals surface area contributed by atoms with Crippen LogP contribution >= 0.6 is 0 Å². The zero-order chi connectivity index (χ0) is 18.4. The second kappa shape index (κ2) is 6.54. The van der Waals surface area contributed by atoms with Gasteiger partial charge in [0.25, 0.3) is 5.91 Å². The van der Waals surface area contributed by atoms with Crippen molar-refractivity contribution in [1.29, 1.82) is 0 Å². The van der Waals surface area contributed by atoms with Crippen LogP contribution in [0.2, 0.25) is 0 Å². The monoisotopic (exact) mass is 363 g/mol. The highest BCUT2D eigenvalue weighted by atomic mass is 16.5. The first-order valence-corrected chi connectivity index (χ1v) is 10.5. The smallest absolute Gasteiger partial charge is 0.258 e. The van der Waals surface area contributed by atoms with Crippen molar-refractivity contribution in [1.82, 2.24) is 5.32 Å². The van der Waals surface area contributed by atoms with Crippen molar-refractivity contribution in [2.75, 3.05) is 6.61 Å². The van der Waals surface area contributed by atoms with Crippen LogP contribution in [0, 0.1) is 23.2 Å². The molecule has 4 fully saturated rings. The predicted octanol–water partition coefficient (Wildman–Crippen LogP) is 4.94. The van der Waals surface area contributed by atoms with Crippen LogP contribution in [0.3, 0.4) is 0 Å². The Morgan fingerprint density at radius 1 is 1.04 bits per heavy atom. The van der Waals surface area contributed by atoms with E-state index in [-0.39, 0.29) is 18.6 Å². The molecule has 0 radical (unpaired) electrons. The number of hydrogen-bond donors (Lipinski definition) is 1. The van der Waals surface area contributed by atoms with Gasteiger partial charge in [0, 0.05) is 6.04 Å². The Morgan fingerprint density at radius 3 is 2.33 bits per heavy atom. The molecule has 1 N–H and O–H groups in total. The highest BCUT2D eigenvalue weighted by molar-refractivity contribution is 5.84. The summed E-state index contributed by atoms with van der Waals surface area (Å²) in [6, 6.07) is 14.4. The lowest BCUT2D eigenvalue weighted by Gasteiger charge is -2.59. The number of hydrogen-bond acceptors (Lipinski definition) is 2. The minimum Gasteiger partial charge on any atom is -0.484 e. The van der Waals surface area contributed by atoms with Crippen molar-refractivity contribution in [3.8, 4) is 5.75 Å². The fourth-order valence-electron chi connectivity index (χ4n) is 6.55. The van der Waals surface area contributed by atoms with Gasteiger partial charge < -0.3 is 10.1 Å². The molecule has 0 aliphatic heterocycles. The van der Waals surface area contributed by atoms with Crippen LogP contribution < -0.4 is 10.1 Å². The number of amides is 1. The van der Waals surface area contributed by atoms with Gasteiger partial charge in [0.2, 0.25) is 0 Å². The minimum atomic E-state index is 0.00593. The molecule has 4 saturated carbocycles. The number of fused-ring (bicyclic) bond motifs is 1. The molecule has 3 nitrogen and oxygen atoms in total. The molecule has 142 valence electrons. The Bertz CT molecular complexity index is 823. The van der Waals surface area contributed by atoms with Gasteiger partial charge in [-0.05, 0) is 91.5 Å². The van der Waals surface area contributed by atoms with E-state index in [1.54, 1.807) is 0 Å². The second-order valence-corrected chi connectivity index (χ2v) is 9.37. The van der Waals surface area contributed by atoms with Crippen LogP contribution in [0.25, 0.3) is 10.8 Å². The molecule has 6 rings (SSSR count). The maximum Gasteiger partial charge on any atom is 0.258 e. The van der Waals surface area contributed by atoms with E-state index in [0.29, 0.717) is 5.41 Å². The third-order valence-corrected chi connectivity index (χ3v) is 7.47. The van der Waals surface area contributed by atoms with E-state index in [4.69, 9.17) is 4.74 Å². The lowest BCUT2D eigenvalue weighted by Crippen LogP contribution is -2.56. The minimum absolute atomic E-state index is 0.00593. The molecule has 27 heavy (non-hydrogen) atoms. The third kappa shape index (κ3) is 3.22. The Morgan fingerprint density at radius 2 is 1.67 bits per heavy atom. The SMILES string of the molecule is CC(NC(=O)COc1ccc2ccccc2c1)C12CC3CC(CC(C3)C1)C2. The topological polar surface area (TPSA) is 38.3 Å². The van der Waals surface area contributed by atoms with Gasteiger partial charge in [-0.1, -0.05) is 30.3 Å². The number of nitrogens with one attached hydrogen (secondary N) is 1. The zero-order valence-corrected chi connectivity index (χ0v) is 16.1. The average molecular weight is 364 g/mol. The molecule has 1 amide bonds. The first kappa shape index (κ1) is 17.1. The Balaban J connectivity index is 1.20. The summed E-state index contributed by atoms with van der Waals surface area (Å²) in [5.74, 6) is 3.48. The fraction of sp³-hybridized carbons (Fsp3) is 0.542. The van der Waals surface area contributed by atoms with E-state index in [1.807, 2.05) is 30.3 Å². The summed E-state index contributed by atoms with van der Waals surface area (Å²) in [5.41, 5.74) is 0.341. The summed E-state index contributed by atoms with van der Waals surface area (Å²) in [5, 5.41) is 5.60. The number of rotatable bonds is 5. The van der Waals surface area contributed by atoms with Crippen molar-refractivity contribution in [2.45, 2.75) is 51.5 Å². The predicted molar refractivity (Wildman–Crippen MR) is 108 cm³/mol. The Kier molecular flexibility index (Phi) is 4.14. The molecule has 3 heteroatoms. The third-order valence-electron chi connectivity index (χ3n) is 7.47. The largest absolute Gasteiger partial charge is 0.484 e. The molecule has 0 aromatic heterocycles. The van der Waals surface area contributed by atoms with Gasteiger partial charge in [-0.2, -0.15) is 0 Å². The van der Waals surface area contributed by atoms with Crippen molar-refractivity contribution in [2.24, 2.45) is 23.2 Å². The quantitative estimate of drug-likeness (QED) is 0.817. The summed E-state index contributed by atoms with van der Waals surface area (Å²) in [6.45, 7) is 2.32. The average Bonchev–Trinajstić information content (AvgIpc) is 2.65. The molecule has 4 aliphatic carbocycles. The van der Waals surface area contributed by atoms with Gasteiger partial charge in [-0.15, -0.1) is 0 Å². The van der Waals surface area contributed by atoms with Crippen molar-refractivity contribution in [3.63, 3.8) is 0 Å². The first-order chi connectivity index (χ1) is 13.1. The summed E-state index contributed by atoms with van der Waals surface area (Å²) in [7, 11) is 0. The van der Waals surface area contributed by atoms with Gasteiger partial charge >= 0.3 is 0 Å².